The third kappa shape index (κ3) is 3.74. The van der Waals surface area contributed by atoms with Crippen LogP contribution in [0.1, 0.15) is 62.7 Å². The van der Waals surface area contributed by atoms with Crippen molar-refractivity contribution >= 4 is 5.91 Å². The summed E-state index contributed by atoms with van der Waals surface area (Å²) in [6.45, 7) is 5.39. The molecule has 26 heavy (non-hydrogen) atoms. The molecule has 1 amide bonds. The maximum atomic E-state index is 13.2. The molecule has 0 unspecified atom stereocenters. The highest BCUT2D eigenvalue weighted by molar-refractivity contribution is 5.95. The van der Waals surface area contributed by atoms with Gasteiger partial charge in [-0.25, -0.2) is 0 Å². The molecule has 1 aromatic rings. The first-order valence-corrected chi connectivity index (χ1v) is 9.94. The van der Waals surface area contributed by atoms with Crippen molar-refractivity contribution in [2.24, 2.45) is 0 Å². The molecule has 1 heterocycles. The number of hydrogen-bond acceptors (Lipinski definition) is 4. The first kappa shape index (κ1) is 17.8. The maximum Gasteiger partial charge on any atom is 0.254 e. The van der Waals surface area contributed by atoms with Gasteiger partial charge in [0.1, 0.15) is 5.75 Å². The zero-order valence-corrected chi connectivity index (χ0v) is 15.8. The number of nitrogens with zero attached hydrogens (tertiary/aromatic N) is 1. The number of rotatable bonds is 5. The Labute approximate surface area is 155 Å². The minimum Gasteiger partial charge on any atom is -0.491 e. The second-order valence-electron chi connectivity index (χ2n) is 7.97. The molecule has 0 bridgehead atoms. The van der Waals surface area contributed by atoms with Crippen LogP contribution in [0.3, 0.4) is 0 Å². The quantitative estimate of drug-likeness (QED) is 0.803. The first-order chi connectivity index (χ1) is 12.6. The summed E-state index contributed by atoms with van der Waals surface area (Å²) in [4.78, 5) is 15.3. The standard InChI is InChI=1S/C21H29NO4/c1-15(2)26-19-7-3-16(4-8-19)20(23)22(17-5-6-17)18-9-11-21(12-10-18)24-13-14-25-21/h3-4,7-8,15,17-18H,5-6,9-14H2,1-2H3. The molecule has 2 saturated carbocycles. The Balaban J connectivity index is 1.44. The van der Waals surface area contributed by atoms with E-state index in [2.05, 4.69) is 4.90 Å². The van der Waals surface area contributed by atoms with Crippen LogP contribution in [0.5, 0.6) is 5.75 Å². The summed E-state index contributed by atoms with van der Waals surface area (Å²) in [5.41, 5.74) is 0.752. The fourth-order valence-corrected chi connectivity index (χ4v) is 4.19. The zero-order chi connectivity index (χ0) is 18.1. The van der Waals surface area contributed by atoms with E-state index >= 15 is 0 Å². The Morgan fingerprint density at radius 2 is 1.62 bits per heavy atom. The van der Waals surface area contributed by atoms with Gasteiger partial charge in [-0.2, -0.15) is 0 Å². The van der Waals surface area contributed by atoms with Crippen LogP contribution in [0, 0.1) is 0 Å². The number of amides is 1. The summed E-state index contributed by atoms with van der Waals surface area (Å²) in [7, 11) is 0. The van der Waals surface area contributed by atoms with Crippen LogP contribution in [0.2, 0.25) is 0 Å². The Morgan fingerprint density at radius 3 is 2.15 bits per heavy atom. The lowest BCUT2D eigenvalue weighted by atomic mass is 9.88. The van der Waals surface area contributed by atoms with Crippen molar-refractivity contribution in [3.8, 4) is 5.75 Å². The molecule has 0 aromatic heterocycles. The van der Waals surface area contributed by atoms with E-state index in [0.717, 1.165) is 49.8 Å². The predicted molar refractivity (Wildman–Crippen MR) is 98.3 cm³/mol. The van der Waals surface area contributed by atoms with Crippen LogP contribution in [0.4, 0.5) is 0 Å². The molecule has 3 fully saturated rings. The van der Waals surface area contributed by atoms with Gasteiger partial charge in [0.05, 0.1) is 19.3 Å². The molecule has 142 valence electrons. The lowest BCUT2D eigenvalue weighted by molar-refractivity contribution is -0.183. The molecule has 1 spiro atoms. The number of carbonyl (C=O) groups is 1. The van der Waals surface area contributed by atoms with Gasteiger partial charge in [0.15, 0.2) is 5.79 Å². The summed E-state index contributed by atoms with van der Waals surface area (Å²) >= 11 is 0. The summed E-state index contributed by atoms with van der Waals surface area (Å²) < 4.78 is 17.4. The normalized spacial score (nSPS) is 22.7. The minimum atomic E-state index is -0.370. The van der Waals surface area contributed by atoms with Crippen molar-refractivity contribution < 1.29 is 19.0 Å². The van der Waals surface area contributed by atoms with E-state index in [9.17, 15) is 4.79 Å². The molecule has 2 aliphatic carbocycles. The van der Waals surface area contributed by atoms with Crippen molar-refractivity contribution in [1.82, 2.24) is 4.90 Å². The third-order valence-corrected chi connectivity index (χ3v) is 5.57. The highest BCUT2D eigenvalue weighted by atomic mass is 16.7. The lowest BCUT2D eigenvalue weighted by Gasteiger charge is -2.40. The Kier molecular flexibility index (Phi) is 4.93. The number of ether oxygens (including phenoxy) is 3. The highest BCUT2D eigenvalue weighted by Crippen LogP contribution is 2.41. The van der Waals surface area contributed by atoms with Crippen molar-refractivity contribution in [3.05, 3.63) is 29.8 Å². The molecule has 0 radical (unpaired) electrons. The van der Waals surface area contributed by atoms with E-state index in [1.54, 1.807) is 0 Å². The predicted octanol–water partition coefficient (Wildman–Crippen LogP) is 3.76. The van der Waals surface area contributed by atoms with E-state index in [1.807, 2.05) is 38.1 Å². The minimum absolute atomic E-state index is 0.133. The van der Waals surface area contributed by atoms with Crippen LogP contribution in [-0.4, -0.2) is 48.0 Å². The summed E-state index contributed by atoms with van der Waals surface area (Å²) in [6, 6.07) is 8.27. The Morgan fingerprint density at radius 1 is 1.04 bits per heavy atom. The molecule has 4 rings (SSSR count). The molecule has 5 heteroatoms. The molecule has 0 N–H and O–H groups in total. The second-order valence-corrected chi connectivity index (χ2v) is 7.97. The lowest BCUT2D eigenvalue weighted by Crippen LogP contribution is -2.47. The average molecular weight is 359 g/mol. The van der Waals surface area contributed by atoms with E-state index in [0.29, 0.717) is 25.3 Å². The van der Waals surface area contributed by atoms with Gasteiger partial charge in [0.2, 0.25) is 0 Å². The average Bonchev–Trinajstić information content (AvgIpc) is 3.36. The van der Waals surface area contributed by atoms with Gasteiger partial charge in [-0.15, -0.1) is 0 Å². The first-order valence-electron chi connectivity index (χ1n) is 9.94. The van der Waals surface area contributed by atoms with Gasteiger partial charge in [-0.1, -0.05) is 0 Å². The highest BCUT2D eigenvalue weighted by Gasteiger charge is 2.45. The smallest absolute Gasteiger partial charge is 0.254 e. The molecule has 1 saturated heterocycles. The van der Waals surface area contributed by atoms with E-state index in [1.165, 1.54) is 0 Å². The second kappa shape index (κ2) is 7.20. The molecule has 5 nitrogen and oxygen atoms in total. The summed E-state index contributed by atoms with van der Waals surface area (Å²) in [5.74, 6) is 0.590. The van der Waals surface area contributed by atoms with Crippen LogP contribution in [-0.2, 0) is 9.47 Å². The Hall–Kier alpha value is -1.59. The van der Waals surface area contributed by atoms with E-state index < -0.39 is 0 Å². The molecular formula is C21H29NO4. The number of hydrogen-bond donors (Lipinski definition) is 0. The molecule has 0 atom stereocenters. The molecular weight excluding hydrogens is 330 g/mol. The largest absolute Gasteiger partial charge is 0.491 e. The van der Waals surface area contributed by atoms with Crippen molar-refractivity contribution in [3.63, 3.8) is 0 Å². The monoisotopic (exact) mass is 359 g/mol. The summed E-state index contributed by atoms with van der Waals surface area (Å²) in [6.07, 6.45) is 6.05. The number of benzene rings is 1. The van der Waals surface area contributed by atoms with Gasteiger partial charge >= 0.3 is 0 Å². The van der Waals surface area contributed by atoms with E-state index in [4.69, 9.17) is 14.2 Å². The van der Waals surface area contributed by atoms with Crippen molar-refractivity contribution in [1.29, 1.82) is 0 Å². The van der Waals surface area contributed by atoms with Gasteiger partial charge in [0, 0.05) is 30.5 Å². The van der Waals surface area contributed by atoms with Crippen LogP contribution < -0.4 is 4.74 Å². The van der Waals surface area contributed by atoms with Gasteiger partial charge < -0.3 is 19.1 Å². The van der Waals surface area contributed by atoms with Gasteiger partial charge in [-0.05, 0) is 63.8 Å². The SMILES string of the molecule is CC(C)Oc1ccc(C(=O)N(C2CC2)C2CCC3(CC2)OCCO3)cc1. The van der Waals surface area contributed by atoms with Crippen LogP contribution in [0.25, 0.3) is 0 Å². The fraction of sp³-hybridized carbons (Fsp3) is 0.667. The van der Waals surface area contributed by atoms with Gasteiger partial charge in [0.25, 0.3) is 5.91 Å². The number of carbonyl (C=O) groups excluding carboxylic acids is 1. The summed E-state index contributed by atoms with van der Waals surface area (Å²) in [5, 5.41) is 0. The molecule has 3 aliphatic rings. The van der Waals surface area contributed by atoms with Gasteiger partial charge in [-0.3, -0.25) is 4.79 Å². The zero-order valence-electron chi connectivity index (χ0n) is 15.8. The van der Waals surface area contributed by atoms with Crippen molar-refractivity contribution in [2.75, 3.05) is 13.2 Å². The van der Waals surface area contributed by atoms with Crippen LogP contribution in [0.15, 0.2) is 24.3 Å². The van der Waals surface area contributed by atoms with E-state index in [-0.39, 0.29) is 17.8 Å². The van der Waals surface area contributed by atoms with Crippen LogP contribution >= 0.6 is 0 Å². The molecule has 1 aromatic carbocycles. The maximum absolute atomic E-state index is 13.2. The van der Waals surface area contributed by atoms with Crippen molar-refractivity contribution in [2.45, 2.75) is 76.3 Å². The Bertz CT molecular complexity index is 622. The topological polar surface area (TPSA) is 48.0 Å². The third-order valence-electron chi connectivity index (χ3n) is 5.57. The fourth-order valence-electron chi connectivity index (χ4n) is 4.19. The molecule has 1 aliphatic heterocycles.